The minimum absolute atomic E-state index is 0.688. The Labute approximate surface area is 88.1 Å². The van der Waals surface area contributed by atoms with E-state index in [4.69, 9.17) is 12.2 Å². The molecule has 0 aromatic carbocycles. The molecule has 1 radical (unpaired) electrons. The zero-order chi connectivity index (χ0) is 9.68. The van der Waals surface area contributed by atoms with E-state index in [2.05, 4.69) is 13.8 Å². The van der Waals surface area contributed by atoms with E-state index < -0.39 is 0 Å². The molecule has 0 bridgehead atoms. The largest absolute Gasteiger partial charge is 0.0894 e. The Balaban J connectivity index is 2.51. The van der Waals surface area contributed by atoms with Crippen molar-refractivity contribution in [1.29, 1.82) is 0 Å². The van der Waals surface area contributed by atoms with Crippen molar-refractivity contribution in [3.05, 3.63) is 6.92 Å². The van der Waals surface area contributed by atoms with Gasteiger partial charge in [0.05, 0.1) is 0 Å². The summed E-state index contributed by atoms with van der Waals surface area (Å²) in [5, 5.41) is 0. The van der Waals surface area contributed by atoms with Crippen LogP contribution in [0.25, 0.3) is 0 Å². The van der Waals surface area contributed by atoms with Crippen LogP contribution in [0.4, 0.5) is 0 Å². The molecule has 0 aromatic rings. The summed E-state index contributed by atoms with van der Waals surface area (Å²) >= 11 is 5.49. The van der Waals surface area contributed by atoms with Crippen molar-refractivity contribution >= 4 is 17.1 Å². The van der Waals surface area contributed by atoms with Gasteiger partial charge in [-0.25, -0.2) is 0 Å². The Bertz CT molecular complexity index is 163. The van der Waals surface area contributed by atoms with Crippen LogP contribution >= 0.6 is 12.2 Å². The zero-order valence-electron chi connectivity index (χ0n) is 8.72. The fraction of sp³-hybridized carbons (Fsp3) is 0.833. The van der Waals surface area contributed by atoms with Gasteiger partial charge in [-0.15, -0.1) is 0 Å². The molecular formula is C12H21S. The molecule has 1 rings (SSSR count). The number of thiocarbonyl (C=S) groups is 1. The Hall–Kier alpha value is 0.0900. The summed E-state index contributed by atoms with van der Waals surface area (Å²) < 4.78 is 0. The van der Waals surface area contributed by atoms with Gasteiger partial charge in [0.15, 0.2) is 0 Å². The van der Waals surface area contributed by atoms with E-state index in [-0.39, 0.29) is 0 Å². The number of rotatable bonds is 2. The summed E-state index contributed by atoms with van der Waals surface area (Å²) in [5.41, 5.74) is 0. The molecule has 2 atom stereocenters. The van der Waals surface area contributed by atoms with E-state index in [1.165, 1.54) is 43.4 Å². The van der Waals surface area contributed by atoms with E-state index in [0.29, 0.717) is 11.8 Å². The van der Waals surface area contributed by atoms with E-state index in [1.807, 2.05) is 0 Å². The third-order valence-corrected chi connectivity index (χ3v) is 3.75. The van der Waals surface area contributed by atoms with Crippen molar-refractivity contribution in [1.82, 2.24) is 0 Å². The first-order valence-corrected chi connectivity index (χ1v) is 5.98. The van der Waals surface area contributed by atoms with E-state index in [1.54, 1.807) is 0 Å². The maximum Gasteiger partial charge on any atom is -0.00379 e. The third-order valence-electron chi connectivity index (χ3n) is 3.24. The maximum atomic E-state index is 5.49. The second kappa shape index (κ2) is 5.74. The summed E-state index contributed by atoms with van der Waals surface area (Å²) in [6.07, 6.45) is 9.01. The Kier molecular flexibility index (Phi) is 4.93. The van der Waals surface area contributed by atoms with Gasteiger partial charge in [0.25, 0.3) is 0 Å². The first kappa shape index (κ1) is 11.2. The third kappa shape index (κ3) is 3.38. The molecule has 1 aliphatic carbocycles. The van der Waals surface area contributed by atoms with Gasteiger partial charge in [-0.05, 0) is 36.0 Å². The minimum atomic E-state index is 0.688. The highest BCUT2D eigenvalue weighted by molar-refractivity contribution is 7.80. The van der Waals surface area contributed by atoms with Crippen LogP contribution in [0.1, 0.15) is 51.9 Å². The van der Waals surface area contributed by atoms with E-state index >= 15 is 0 Å². The van der Waals surface area contributed by atoms with Gasteiger partial charge in [0, 0.05) is 0 Å². The molecule has 0 nitrogen and oxygen atoms in total. The van der Waals surface area contributed by atoms with Gasteiger partial charge in [-0.2, -0.15) is 0 Å². The van der Waals surface area contributed by atoms with Gasteiger partial charge >= 0.3 is 0 Å². The molecule has 0 aliphatic heterocycles. The number of hydrogen-bond donors (Lipinski definition) is 0. The SMILES string of the molecule is [CH2]CC(C)C1CCCCCCC1=S. The maximum absolute atomic E-state index is 5.49. The normalized spacial score (nSPS) is 27.8. The van der Waals surface area contributed by atoms with Gasteiger partial charge in [-0.1, -0.05) is 51.7 Å². The number of hydrogen-bond acceptors (Lipinski definition) is 1. The highest BCUT2D eigenvalue weighted by atomic mass is 32.1. The Morgan fingerprint density at radius 1 is 1.38 bits per heavy atom. The second-order valence-corrected chi connectivity index (χ2v) is 4.82. The molecule has 2 unspecified atom stereocenters. The lowest BCUT2D eigenvalue weighted by Gasteiger charge is -2.25. The summed E-state index contributed by atoms with van der Waals surface area (Å²) in [6, 6.07) is 0. The van der Waals surface area contributed by atoms with Gasteiger partial charge in [0.1, 0.15) is 0 Å². The van der Waals surface area contributed by atoms with Crippen LogP contribution < -0.4 is 0 Å². The lowest BCUT2D eigenvalue weighted by molar-refractivity contribution is 0.401. The van der Waals surface area contributed by atoms with Crippen LogP contribution in [0.15, 0.2) is 0 Å². The molecule has 75 valence electrons. The van der Waals surface area contributed by atoms with Crippen molar-refractivity contribution in [2.45, 2.75) is 51.9 Å². The van der Waals surface area contributed by atoms with Crippen molar-refractivity contribution in [2.75, 3.05) is 0 Å². The molecule has 1 aliphatic rings. The monoisotopic (exact) mass is 197 g/mol. The summed E-state index contributed by atoms with van der Waals surface area (Å²) in [5.74, 6) is 1.39. The predicted octanol–water partition coefficient (Wildman–Crippen LogP) is 4.19. The second-order valence-electron chi connectivity index (χ2n) is 4.29. The van der Waals surface area contributed by atoms with Crippen molar-refractivity contribution in [3.63, 3.8) is 0 Å². The molecule has 0 saturated heterocycles. The topological polar surface area (TPSA) is 0 Å². The Morgan fingerprint density at radius 2 is 2.08 bits per heavy atom. The fourth-order valence-corrected chi connectivity index (χ4v) is 2.66. The molecular weight excluding hydrogens is 176 g/mol. The molecule has 0 aromatic heterocycles. The highest BCUT2D eigenvalue weighted by Gasteiger charge is 2.20. The quantitative estimate of drug-likeness (QED) is 0.598. The van der Waals surface area contributed by atoms with Gasteiger partial charge in [-0.3, -0.25) is 0 Å². The first-order valence-electron chi connectivity index (χ1n) is 5.57. The van der Waals surface area contributed by atoms with Crippen LogP contribution in [0, 0.1) is 18.8 Å². The lowest BCUT2D eigenvalue weighted by atomic mass is 9.81. The average Bonchev–Trinajstić information content (AvgIpc) is 2.11. The molecule has 0 amide bonds. The van der Waals surface area contributed by atoms with E-state index in [9.17, 15) is 0 Å². The van der Waals surface area contributed by atoms with Crippen molar-refractivity contribution in [2.24, 2.45) is 11.8 Å². The predicted molar refractivity (Wildman–Crippen MR) is 62.9 cm³/mol. The van der Waals surface area contributed by atoms with Crippen LogP contribution in [0.3, 0.4) is 0 Å². The van der Waals surface area contributed by atoms with Crippen LogP contribution in [-0.2, 0) is 0 Å². The van der Waals surface area contributed by atoms with Gasteiger partial charge in [0.2, 0.25) is 0 Å². The smallest absolute Gasteiger partial charge is 0.00379 e. The fourth-order valence-electron chi connectivity index (χ4n) is 2.17. The van der Waals surface area contributed by atoms with Crippen LogP contribution in [0.5, 0.6) is 0 Å². The molecule has 1 saturated carbocycles. The molecule has 0 heterocycles. The highest BCUT2D eigenvalue weighted by Crippen LogP contribution is 2.28. The molecule has 1 heteroatoms. The lowest BCUT2D eigenvalue weighted by Crippen LogP contribution is -2.21. The van der Waals surface area contributed by atoms with Crippen LogP contribution in [-0.4, -0.2) is 4.86 Å². The summed E-state index contributed by atoms with van der Waals surface area (Å²) in [4.78, 5) is 1.33. The van der Waals surface area contributed by atoms with E-state index in [0.717, 1.165) is 6.42 Å². The zero-order valence-corrected chi connectivity index (χ0v) is 9.54. The summed E-state index contributed by atoms with van der Waals surface area (Å²) in [6.45, 7) is 6.29. The average molecular weight is 197 g/mol. The minimum Gasteiger partial charge on any atom is -0.0894 e. The van der Waals surface area contributed by atoms with Crippen molar-refractivity contribution < 1.29 is 0 Å². The van der Waals surface area contributed by atoms with Crippen molar-refractivity contribution in [3.8, 4) is 0 Å². The molecule has 0 N–H and O–H groups in total. The van der Waals surface area contributed by atoms with Gasteiger partial charge < -0.3 is 0 Å². The van der Waals surface area contributed by atoms with Crippen LogP contribution in [0.2, 0.25) is 0 Å². The standard InChI is InChI=1S/C12H21S/c1-3-10(2)11-8-6-4-5-7-9-12(11)13/h10-11H,1,3-9H2,2H3. The summed E-state index contributed by atoms with van der Waals surface area (Å²) in [7, 11) is 0. The molecule has 13 heavy (non-hydrogen) atoms. The Morgan fingerprint density at radius 3 is 2.77 bits per heavy atom. The molecule has 0 spiro atoms. The molecule has 1 fully saturated rings. The first-order chi connectivity index (χ1) is 6.25.